The summed E-state index contributed by atoms with van der Waals surface area (Å²) in [6.07, 6.45) is 62.6. The van der Waals surface area contributed by atoms with E-state index in [2.05, 4.69) is 69.4 Å². The van der Waals surface area contributed by atoms with Gasteiger partial charge in [-0.15, -0.1) is 0 Å². The monoisotopic (exact) mass is 841 g/mol. The maximum atomic E-state index is 12.8. The molecule has 0 aliphatic heterocycles. The molecule has 350 valence electrons. The van der Waals surface area contributed by atoms with Crippen LogP contribution in [-0.2, 0) is 23.8 Å². The molecule has 0 aromatic carbocycles. The normalized spacial score (nSPS) is 12.5. The Balaban J connectivity index is 4.26. The van der Waals surface area contributed by atoms with Crippen molar-refractivity contribution in [2.24, 2.45) is 0 Å². The first-order valence-electron chi connectivity index (χ1n) is 26.2. The summed E-state index contributed by atoms with van der Waals surface area (Å²) >= 11 is 0. The zero-order valence-electron chi connectivity index (χ0n) is 40.2. The number of carbonyl (C=O) groups is 2. The molecule has 60 heavy (non-hydrogen) atoms. The molecule has 5 heteroatoms. The van der Waals surface area contributed by atoms with Gasteiger partial charge in [-0.2, -0.15) is 0 Å². The van der Waals surface area contributed by atoms with Crippen LogP contribution in [0, 0.1) is 0 Å². The summed E-state index contributed by atoms with van der Waals surface area (Å²) in [4.78, 5) is 25.4. The smallest absolute Gasteiger partial charge is 0.306 e. The molecule has 0 heterocycles. The summed E-state index contributed by atoms with van der Waals surface area (Å²) in [5.74, 6) is -0.422. The van der Waals surface area contributed by atoms with Gasteiger partial charge in [-0.3, -0.25) is 9.59 Å². The Morgan fingerprint density at radius 2 is 0.750 bits per heavy atom. The quantitative estimate of drug-likeness (QED) is 0.0347. The average Bonchev–Trinajstić information content (AvgIpc) is 3.25. The minimum absolute atomic E-state index is 0.0720. The lowest BCUT2D eigenvalue weighted by Gasteiger charge is -2.18. The van der Waals surface area contributed by atoms with Gasteiger partial charge in [0, 0.05) is 19.4 Å². The van der Waals surface area contributed by atoms with Crippen LogP contribution in [0.3, 0.4) is 0 Å². The van der Waals surface area contributed by atoms with Crippen LogP contribution in [0.25, 0.3) is 0 Å². The minimum atomic E-state index is -0.546. The van der Waals surface area contributed by atoms with Gasteiger partial charge in [-0.25, -0.2) is 0 Å². The fraction of sp³-hybridized carbons (Fsp3) is 0.818. The van der Waals surface area contributed by atoms with Crippen molar-refractivity contribution in [2.75, 3.05) is 19.8 Å². The van der Waals surface area contributed by atoms with E-state index in [1.807, 2.05) is 0 Å². The molecular weight excluding hydrogens is 741 g/mol. The maximum absolute atomic E-state index is 12.8. The highest BCUT2D eigenvalue weighted by molar-refractivity contribution is 5.70. The Labute approximate surface area is 373 Å². The Bertz CT molecular complexity index is 997. The third kappa shape index (κ3) is 48.5. The van der Waals surface area contributed by atoms with Crippen molar-refractivity contribution in [1.29, 1.82) is 0 Å². The molecule has 0 bridgehead atoms. The van der Waals surface area contributed by atoms with E-state index in [0.717, 1.165) is 70.6 Å². The van der Waals surface area contributed by atoms with Gasteiger partial charge in [0.15, 0.2) is 6.10 Å². The molecule has 0 fully saturated rings. The lowest BCUT2D eigenvalue weighted by atomic mass is 10.0. The standard InChI is InChI=1S/C55H100O5/c1-4-7-10-13-16-19-22-25-26-27-28-29-32-35-38-41-44-47-50-58-51-53(60-55(57)49-46-43-40-37-34-31-24-21-18-15-12-9-6-3)52-59-54(56)48-45-42-39-36-33-30-23-20-17-14-11-8-5-2/h8,11,17,20,25-26,30,33,53H,4-7,9-10,12-16,18-19,21-24,27-29,31-32,34-52H2,1-3H3/b11-8-,20-17-,26-25-,33-30-. The Hall–Kier alpha value is -2.14. The summed E-state index contributed by atoms with van der Waals surface area (Å²) in [5, 5.41) is 0. The van der Waals surface area contributed by atoms with E-state index in [0.29, 0.717) is 19.4 Å². The second kappa shape index (κ2) is 51.2. The second-order valence-electron chi connectivity index (χ2n) is 17.4. The van der Waals surface area contributed by atoms with Gasteiger partial charge in [0.05, 0.1) is 6.61 Å². The molecule has 0 N–H and O–H groups in total. The molecule has 5 nitrogen and oxygen atoms in total. The number of ether oxygens (including phenoxy) is 3. The summed E-state index contributed by atoms with van der Waals surface area (Å²) < 4.78 is 17.4. The minimum Gasteiger partial charge on any atom is -0.462 e. The molecule has 0 spiro atoms. The van der Waals surface area contributed by atoms with Crippen molar-refractivity contribution in [3.05, 3.63) is 48.6 Å². The predicted molar refractivity (Wildman–Crippen MR) is 261 cm³/mol. The van der Waals surface area contributed by atoms with Crippen molar-refractivity contribution in [3.63, 3.8) is 0 Å². The van der Waals surface area contributed by atoms with Crippen LogP contribution in [0.4, 0.5) is 0 Å². The van der Waals surface area contributed by atoms with Crippen LogP contribution >= 0.6 is 0 Å². The summed E-state index contributed by atoms with van der Waals surface area (Å²) in [5.41, 5.74) is 0. The van der Waals surface area contributed by atoms with Crippen LogP contribution in [-0.4, -0.2) is 37.9 Å². The maximum Gasteiger partial charge on any atom is 0.306 e. The van der Waals surface area contributed by atoms with E-state index in [1.165, 1.54) is 161 Å². The number of carbonyl (C=O) groups excluding carboxylic acids is 2. The van der Waals surface area contributed by atoms with Gasteiger partial charge in [0.1, 0.15) is 6.61 Å². The van der Waals surface area contributed by atoms with Crippen molar-refractivity contribution < 1.29 is 23.8 Å². The molecular formula is C55H100O5. The van der Waals surface area contributed by atoms with Gasteiger partial charge in [-0.1, -0.05) is 223 Å². The van der Waals surface area contributed by atoms with Crippen molar-refractivity contribution in [3.8, 4) is 0 Å². The number of rotatable bonds is 48. The second-order valence-corrected chi connectivity index (χ2v) is 17.4. The van der Waals surface area contributed by atoms with Gasteiger partial charge in [0.25, 0.3) is 0 Å². The summed E-state index contributed by atoms with van der Waals surface area (Å²) in [7, 11) is 0. The molecule has 0 amide bonds. The lowest BCUT2D eigenvalue weighted by Crippen LogP contribution is -2.30. The van der Waals surface area contributed by atoms with E-state index < -0.39 is 6.10 Å². The van der Waals surface area contributed by atoms with E-state index >= 15 is 0 Å². The van der Waals surface area contributed by atoms with Gasteiger partial charge in [-0.05, 0) is 77.0 Å². The van der Waals surface area contributed by atoms with Gasteiger partial charge >= 0.3 is 11.9 Å². The largest absolute Gasteiger partial charge is 0.462 e. The molecule has 0 aliphatic carbocycles. The average molecular weight is 841 g/mol. The van der Waals surface area contributed by atoms with Crippen LogP contribution < -0.4 is 0 Å². The van der Waals surface area contributed by atoms with E-state index in [4.69, 9.17) is 14.2 Å². The van der Waals surface area contributed by atoms with Crippen LogP contribution in [0.2, 0.25) is 0 Å². The van der Waals surface area contributed by atoms with Crippen molar-refractivity contribution in [1.82, 2.24) is 0 Å². The molecule has 0 rings (SSSR count). The zero-order valence-corrected chi connectivity index (χ0v) is 40.2. The van der Waals surface area contributed by atoms with Crippen LogP contribution in [0.5, 0.6) is 0 Å². The highest BCUT2D eigenvalue weighted by Gasteiger charge is 2.17. The fourth-order valence-electron chi connectivity index (χ4n) is 7.46. The molecule has 0 saturated carbocycles. The molecule has 1 unspecified atom stereocenters. The van der Waals surface area contributed by atoms with Gasteiger partial charge < -0.3 is 14.2 Å². The molecule has 0 aromatic rings. The predicted octanol–water partition coefficient (Wildman–Crippen LogP) is 17.6. The Morgan fingerprint density at radius 3 is 1.23 bits per heavy atom. The number of hydrogen-bond acceptors (Lipinski definition) is 5. The van der Waals surface area contributed by atoms with Crippen molar-refractivity contribution >= 4 is 11.9 Å². The number of hydrogen-bond donors (Lipinski definition) is 0. The number of esters is 2. The number of allylic oxidation sites excluding steroid dienone is 8. The van der Waals surface area contributed by atoms with E-state index in [-0.39, 0.29) is 25.2 Å². The van der Waals surface area contributed by atoms with Crippen molar-refractivity contribution in [2.45, 2.75) is 271 Å². The van der Waals surface area contributed by atoms with E-state index in [1.54, 1.807) is 0 Å². The first kappa shape index (κ1) is 57.9. The zero-order chi connectivity index (χ0) is 43.5. The first-order valence-corrected chi connectivity index (χ1v) is 26.2. The molecule has 0 saturated heterocycles. The van der Waals surface area contributed by atoms with E-state index in [9.17, 15) is 9.59 Å². The molecule has 0 aliphatic rings. The highest BCUT2D eigenvalue weighted by Crippen LogP contribution is 2.15. The third-order valence-corrected chi connectivity index (χ3v) is 11.3. The first-order chi connectivity index (χ1) is 29.6. The fourth-order valence-corrected chi connectivity index (χ4v) is 7.46. The summed E-state index contributed by atoms with van der Waals surface area (Å²) in [6, 6.07) is 0. The van der Waals surface area contributed by atoms with Crippen LogP contribution in [0.1, 0.15) is 265 Å². The topological polar surface area (TPSA) is 61.8 Å². The van der Waals surface area contributed by atoms with Gasteiger partial charge in [0.2, 0.25) is 0 Å². The molecule has 1 atom stereocenters. The Morgan fingerprint density at radius 1 is 0.383 bits per heavy atom. The highest BCUT2D eigenvalue weighted by atomic mass is 16.6. The van der Waals surface area contributed by atoms with Crippen LogP contribution in [0.15, 0.2) is 48.6 Å². The Kier molecular flexibility index (Phi) is 49.4. The third-order valence-electron chi connectivity index (χ3n) is 11.3. The number of unbranched alkanes of at least 4 members (excludes halogenated alkanes) is 29. The molecule has 0 radical (unpaired) electrons. The molecule has 0 aromatic heterocycles. The lowest BCUT2D eigenvalue weighted by molar-refractivity contribution is -0.163. The SMILES string of the molecule is CC/C=C\C/C=C\C/C=C\CCCCCC(=O)OCC(COCCCCCCCCCC/C=C\CCCCCCCC)OC(=O)CCCCCCCCCCCCCCC. The summed E-state index contributed by atoms with van der Waals surface area (Å²) in [6.45, 7) is 7.70.